The van der Waals surface area contributed by atoms with Gasteiger partial charge in [0.15, 0.2) is 0 Å². The number of pyridine rings is 1. The van der Waals surface area contributed by atoms with E-state index in [9.17, 15) is 22.8 Å². The minimum Gasteiger partial charge on any atom is -0.352 e. The molecule has 0 spiro atoms. The van der Waals surface area contributed by atoms with Gasteiger partial charge in [0.2, 0.25) is 5.91 Å². The molecule has 3 rings (SSSR count). The van der Waals surface area contributed by atoms with Crippen molar-refractivity contribution < 1.29 is 22.8 Å². The van der Waals surface area contributed by atoms with Crippen LogP contribution in [0.15, 0.2) is 42.6 Å². The summed E-state index contributed by atoms with van der Waals surface area (Å²) in [5, 5.41) is 5.45. The van der Waals surface area contributed by atoms with Gasteiger partial charge in [0, 0.05) is 24.2 Å². The number of hydrogen-bond acceptors (Lipinski definition) is 3. The second-order valence-electron chi connectivity index (χ2n) is 7.26. The molecule has 0 aliphatic heterocycles. The first-order valence-electron chi connectivity index (χ1n) is 9.46. The highest BCUT2D eigenvalue weighted by atomic mass is 19.4. The van der Waals surface area contributed by atoms with Crippen molar-refractivity contribution in [2.45, 2.75) is 38.3 Å². The van der Waals surface area contributed by atoms with E-state index >= 15 is 0 Å². The van der Waals surface area contributed by atoms with Gasteiger partial charge in [0.25, 0.3) is 5.91 Å². The molecular weight excluding hydrogens is 383 g/mol. The van der Waals surface area contributed by atoms with Crippen molar-refractivity contribution in [2.75, 3.05) is 11.9 Å². The minimum absolute atomic E-state index is 0.0339. The highest BCUT2D eigenvalue weighted by molar-refractivity contribution is 5.97. The molecule has 29 heavy (non-hydrogen) atoms. The van der Waals surface area contributed by atoms with Crippen LogP contribution >= 0.6 is 0 Å². The van der Waals surface area contributed by atoms with Crippen molar-refractivity contribution in [3.8, 4) is 0 Å². The molecule has 2 amide bonds. The maximum Gasteiger partial charge on any atom is 0.416 e. The summed E-state index contributed by atoms with van der Waals surface area (Å²) in [5.74, 6) is -0.211. The Morgan fingerprint density at radius 3 is 2.66 bits per heavy atom. The van der Waals surface area contributed by atoms with Gasteiger partial charge in [-0.15, -0.1) is 0 Å². The van der Waals surface area contributed by atoms with Gasteiger partial charge in [-0.3, -0.25) is 9.59 Å². The van der Waals surface area contributed by atoms with Gasteiger partial charge in [-0.1, -0.05) is 25.1 Å². The summed E-state index contributed by atoms with van der Waals surface area (Å²) in [6.45, 7) is 2.13. The molecule has 154 valence electrons. The Kier molecular flexibility index (Phi) is 6.20. The number of nitrogens with zero attached hydrogens (tertiary/aromatic N) is 1. The van der Waals surface area contributed by atoms with Gasteiger partial charge < -0.3 is 10.6 Å². The zero-order chi connectivity index (χ0) is 21.0. The molecule has 1 aromatic carbocycles. The Morgan fingerprint density at radius 1 is 1.21 bits per heavy atom. The van der Waals surface area contributed by atoms with E-state index in [0.29, 0.717) is 29.9 Å². The SMILES string of the molecule is CC(CCNC(=O)c1ccnc(NC(=O)C2CC2)c1)c1cccc(C(F)(F)F)c1. The van der Waals surface area contributed by atoms with Crippen LogP contribution in [-0.2, 0) is 11.0 Å². The van der Waals surface area contributed by atoms with Crippen molar-refractivity contribution >= 4 is 17.6 Å². The lowest BCUT2D eigenvalue weighted by Gasteiger charge is -2.15. The number of aromatic nitrogens is 1. The molecular formula is C21H22F3N3O2. The quantitative estimate of drug-likeness (QED) is 0.719. The van der Waals surface area contributed by atoms with Gasteiger partial charge in [-0.25, -0.2) is 4.98 Å². The first kappa shape index (κ1) is 20.8. The lowest BCUT2D eigenvalue weighted by Crippen LogP contribution is -2.25. The number of carbonyl (C=O) groups excluding carboxylic acids is 2. The third-order valence-electron chi connectivity index (χ3n) is 4.87. The molecule has 5 nitrogen and oxygen atoms in total. The number of amides is 2. The first-order chi connectivity index (χ1) is 13.7. The fourth-order valence-electron chi connectivity index (χ4n) is 2.91. The lowest BCUT2D eigenvalue weighted by molar-refractivity contribution is -0.137. The highest BCUT2D eigenvalue weighted by Crippen LogP contribution is 2.32. The average Bonchev–Trinajstić information content (AvgIpc) is 3.53. The van der Waals surface area contributed by atoms with Crippen LogP contribution in [0.2, 0.25) is 0 Å². The standard InChI is InChI=1S/C21H22F3N3O2/c1-13(15-3-2-4-17(11-15)21(22,23)24)7-9-26-19(28)16-8-10-25-18(12-16)27-20(29)14-5-6-14/h2-4,8,10-14H,5-7,9H2,1H3,(H,26,28)(H,25,27,29). The molecule has 0 radical (unpaired) electrons. The molecule has 2 aromatic rings. The zero-order valence-corrected chi connectivity index (χ0v) is 15.9. The third kappa shape index (κ3) is 5.79. The number of hydrogen-bond donors (Lipinski definition) is 2. The normalized spacial score (nSPS) is 14.9. The molecule has 1 unspecified atom stereocenters. The van der Waals surface area contributed by atoms with Gasteiger partial charge >= 0.3 is 6.18 Å². The molecule has 8 heteroatoms. The van der Waals surface area contributed by atoms with E-state index < -0.39 is 11.7 Å². The topological polar surface area (TPSA) is 71.1 Å². The summed E-state index contributed by atoms with van der Waals surface area (Å²) in [4.78, 5) is 28.2. The summed E-state index contributed by atoms with van der Waals surface area (Å²) in [7, 11) is 0. The molecule has 2 N–H and O–H groups in total. The van der Waals surface area contributed by atoms with Gasteiger partial charge in [0.05, 0.1) is 5.56 Å². The predicted octanol–water partition coefficient (Wildman–Crippen LogP) is 4.37. The maximum absolute atomic E-state index is 12.8. The summed E-state index contributed by atoms with van der Waals surface area (Å²) in [6.07, 6.45) is -0.698. The molecule has 1 saturated carbocycles. The molecule has 1 fully saturated rings. The summed E-state index contributed by atoms with van der Waals surface area (Å²) >= 11 is 0. The number of rotatable bonds is 7. The second-order valence-corrected chi connectivity index (χ2v) is 7.26. The lowest BCUT2D eigenvalue weighted by atomic mass is 9.96. The first-order valence-corrected chi connectivity index (χ1v) is 9.46. The monoisotopic (exact) mass is 405 g/mol. The van der Waals surface area contributed by atoms with E-state index in [1.54, 1.807) is 12.1 Å². The van der Waals surface area contributed by atoms with Gasteiger partial charge in [0.1, 0.15) is 5.82 Å². The Labute approximate surface area is 166 Å². The summed E-state index contributed by atoms with van der Waals surface area (Å²) < 4.78 is 38.5. The van der Waals surface area contributed by atoms with Crippen LogP contribution in [0.1, 0.15) is 53.6 Å². The smallest absolute Gasteiger partial charge is 0.352 e. The van der Waals surface area contributed by atoms with Crippen molar-refractivity contribution in [1.29, 1.82) is 0 Å². The van der Waals surface area contributed by atoms with Crippen molar-refractivity contribution in [3.63, 3.8) is 0 Å². The second kappa shape index (κ2) is 8.63. The molecule has 1 heterocycles. The van der Waals surface area contributed by atoms with Gasteiger partial charge in [-0.2, -0.15) is 13.2 Å². The highest BCUT2D eigenvalue weighted by Gasteiger charge is 2.31. The van der Waals surface area contributed by atoms with Crippen LogP contribution in [-0.4, -0.2) is 23.3 Å². The average molecular weight is 405 g/mol. The number of anilines is 1. The van der Waals surface area contributed by atoms with Crippen molar-refractivity contribution in [1.82, 2.24) is 10.3 Å². The zero-order valence-electron chi connectivity index (χ0n) is 15.9. The largest absolute Gasteiger partial charge is 0.416 e. The number of carbonyl (C=O) groups is 2. The number of nitrogens with one attached hydrogen (secondary N) is 2. The molecule has 1 aliphatic rings. The van der Waals surface area contributed by atoms with Crippen LogP contribution < -0.4 is 10.6 Å². The molecule has 1 aliphatic carbocycles. The maximum atomic E-state index is 12.8. The molecule has 1 atom stereocenters. The van der Waals surface area contributed by atoms with Crippen LogP contribution in [0.25, 0.3) is 0 Å². The fraction of sp³-hybridized carbons (Fsp3) is 0.381. The number of benzene rings is 1. The Balaban J connectivity index is 1.52. The van der Waals surface area contributed by atoms with Crippen LogP contribution in [0, 0.1) is 5.92 Å². The summed E-state index contributed by atoms with van der Waals surface area (Å²) in [6, 6.07) is 8.27. The van der Waals surface area contributed by atoms with E-state index in [0.717, 1.165) is 25.0 Å². The van der Waals surface area contributed by atoms with E-state index in [2.05, 4.69) is 15.6 Å². The van der Waals surface area contributed by atoms with Crippen LogP contribution in [0.3, 0.4) is 0 Å². The van der Waals surface area contributed by atoms with E-state index in [4.69, 9.17) is 0 Å². The van der Waals surface area contributed by atoms with E-state index in [1.165, 1.54) is 18.3 Å². The summed E-state index contributed by atoms with van der Waals surface area (Å²) in [5.41, 5.74) is 0.254. The van der Waals surface area contributed by atoms with Crippen molar-refractivity contribution in [3.05, 3.63) is 59.3 Å². The fourth-order valence-corrected chi connectivity index (χ4v) is 2.91. The molecule has 0 saturated heterocycles. The Bertz CT molecular complexity index is 895. The van der Waals surface area contributed by atoms with Crippen molar-refractivity contribution in [2.24, 2.45) is 5.92 Å². The molecule has 1 aromatic heterocycles. The third-order valence-corrected chi connectivity index (χ3v) is 4.87. The van der Waals surface area contributed by atoms with E-state index in [1.807, 2.05) is 6.92 Å². The number of halogens is 3. The van der Waals surface area contributed by atoms with Crippen LogP contribution in [0.4, 0.5) is 19.0 Å². The minimum atomic E-state index is -4.38. The van der Waals surface area contributed by atoms with Crippen LogP contribution in [0.5, 0.6) is 0 Å². The Hall–Kier alpha value is -2.90. The van der Waals surface area contributed by atoms with Gasteiger partial charge in [-0.05, 0) is 48.9 Å². The van der Waals surface area contributed by atoms with E-state index in [-0.39, 0.29) is 23.7 Å². The predicted molar refractivity (Wildman–Crippen MR) is 102 cm³/mol. The molecule has 0 bridgehead atoms. The Morgan fingerprint density at radius 2 is 1.97 bits per heavy atom. The number of alkyl halides is 3.